The highest BCUT2D eigenvalue weighted by atomic mass is 19.1. The minimum atomic E-state index is -0.617. The summed E-state index contributed by atoms with van der Waals surface area (Å²) in [6, 6.07) is 9.56. The van der Waals surface area contributed by atoms with Gasteiger partial charge >= 0.3 is 0 Å². The number of aromatic amines is 1. The Morgan fingerprint density at radius 2 is 2.03 bits per heavy atom. The Morgan fingerprint density at radius 1 is 1.13 bits per heavy atom. The Morgan fingerprint density at radius 3 is 2.97 bits per heavy atom. The molecule has 4 heterocycles. The van der Waals surface area contributed by atoms with E-state index in [0.717, 1.165) is 35.2 Å². The number of ether oxygens (including phenoxy) is 3. The monoisotopic (exact) mass is 411 g/mol. The molecule has 2 saturated heterocycles. The number of pyridine rings is 1. The molecule has 5 atom stereocenters. The van der Waals surface area contributed by atoms with Gasteiger partial charge in [0.15, 0.2) is 11.8 Å². The third-order valence-corrected chi connectivity index (χ3v) is 6.40. The molecular formula is C22H22FN3O4. The number of halogens is 1. The molecule has 3 aromatic rings. The molecule has 30 heavy (non-hydrogen) atoms. The lowest BCUT2D eigenvalue weighted by atomic mass is 9.95. The average Bonchev–Trinajstić information content (AvgIpc) is 3.49. The van der Waals surface area contributed by atoms with E-state index in [-0.39, 0.29) is 36.7 Å². The first-order valence-corrected chi connectivity index (χ1v) is 10.4. The normalized spacial score (nSPS) is 30.0. The van der Waals surface area contributed by atoms with Crippen LogP contribution < -0.4 is 4.74 Å². The molecule has 0 amide bonds. The van der Waals surface area contributed by atoms with E-state index in [2.05, 4.69) is 15.0 Å². The van der Waals surface area contributed by atoms with E-state index in [4.69, 9.17) is 14.2 Å². The van der Waals surface area contributed by atoms with Crippen LogP contribution in [0, 0.1) is 5.82 Å². The predicted octanol–water partition coefficient (Wildman–Crippen LogP) is 2.28. The van der Waals surface area contributed by atoms with Crippen LogP contribution in [0.3, 0.4) is 0 Å². The molecule has 0 radical (unpaired) electrons. The van der Waals surface area contributed by atoms with E-state index in [1.54, 1.807) is 6.07 Å². The molecule has 1 unspecified atom stereocenters. The molecule has 7 nitrogen and oxygen atoms in total. The van der Waals surface area contributed by atoms with Crippen molar-refractivity contribution in [1.82, 2.24) is 15.0 Å². The largest absolute Gasteiger partial charge is 0.456 e. The van der Waals surface area contributed by atoms with Gasteiger partial charge in [0.2, 0.25) is 0 Å². The van der Waals surface area contributed by atoms with Gasteiger partial charge in [-0.3, -0.25) is 0 Å². The number of aliphatic hydroxyl groups excluding tert-OH is 1. The van der Waals surface area contributed by atoms with E-state index in [1.807, 2.05) is 18.2 Å². The fraction of sp³-hybridized carbons (Fsp3) is 0.455. The molecule has 1 aromatic carbocycles. The van der Waals surface area contributed by atoms with Crippen molar-refractivity contribution >= 4 is 11.2 Å². The number of hydrogen-bond acceptors (Lipinski definition) is 6. The molecule has 6 rings (SSSR count). The maximum absolute atomic E-state index is 14.3. The Kier molecular flexibility index (Phi) is 4.26. The summed E-state index contributed by atoms with van der Waals surface area (Å²) in [5.74, 6) is 0.0159. The summed E-state index contributed by atoms with van der Waals surface area (Å²) in [5.41, 5.74) is 4.16. The van der Waals surface area contributed by atoms with Gasteiger partial charge in [-0.05, 0) is 54.5 Å². The SMILES string of the molecule is O[C@@H]1CO[C@H]2[C@@H]1OC[C@H]2Oc1nc2nc(CC3CCc4cccc(F)c43)ccc2[nH]1. The average molecular weight is 411 g/mol. The first-order valence-electron chi connectivity index (χ1n) is 10.4. The summed E-state index contributed by atoms with van der Waals surface area (Å²) >= 11 is 0. The molecule has 0 saturated carbocycles. The minimum absolute atomic E-state index is 0.122. The van der Waals surface area contributed by atoms with E-state index in [9.17, 15) is 9.50 Å². The van der Waals surface area contributed by atoms with Crippen molar-refractivity contribution in [2.45, 2.75) is 49.6 Å². The number of nitrogens with one attached hydrogen (secondary N) is 1. The van der Waals surface area contributed by atoms with Crippen LogP contribution >= 0.6 is 0 Å². The molecule has 2 aromatic heterocycles. The maximum Gasteiger partial charge on any atom is 0.296 e. The van der Waals surface area contributed by atoms with Crippen molar-refractivity contribution in [3.8, 4) is 6.01 Å². The second-order valence-electron chi connectivity index (χ2n) is 8.29. The number of H-pyrrole nitrogens is 1. The van der Waals surface area contributed by atoms with Crippen molar-refractivity contribution in [1.29, 1.82) is 0 Å². The minimum Gasteiger partial charge on any atom is -0.456 e. The van der Waals surface area contributed by atoms with Crippen molar-refractivity contribution in [3.05, 3.63) is 53.0 Å². The van der Waals surface area contributed by atoms with Gasteiger partial charge in [0.25, 0.3) is 6.01 Å². The number of aromatic nitrogens is 3. The highest BCUT2D eigenvalue weighted by Crippen LogP contribution is 2.37. The number of nitrogens with zero attached hydrogens (tertiary/aromatic N) is 2. The van der Waals surface area contributed by atoms with Gasteiger partial charge in [0.05, 0.1) is 18.7 Å². The second-order valence-corrected chi connectivity index (χ2v) is 8.29. The Balaban J connectivity index is 1.20. The van der Waals surface area contributed by atoms with Gasteiger partial charge in [0.1, 0.15) is 24.1 Å². The summed E-state index contributed by atoms with van der Waals surface area (Å²) in [7, 11) is 0. The highest BCUT2D eigenvalue weighted by molar-refractivity contribution is 5.71. The van der Waals surface area contributed by atoms with Crippen molar-refractivity contribution in [2.75, 3.05) is 13.2 Å². The summed E-state index contributed by atoms with van der Waals surface area (Å²) in [6.45, 7) is 0.597. The molecular weight excluding hydrogens is 389 g/mol. The molecule has 0 spiro atoms. The van der Waals surface area contributed by atoms with Gasteiger partial charge in [0, 0.05) is 5.69 Å². The Hall–Kier alpha value is -2.55. The fourth-order valence-corrected chi connectivity index (χ4v) is 4.96. The van der Waals surface area contributed by atoms with Gasteiger partial charge in [-0.1, -0.05) is 12.1 Å². The van der Waals surface area contributed by atoms with Gasteiger partial charge in [-0.25, -0.2) is 9.37 Å². The topological polar surface area (TPSA) is 89.5 Å². The van der Waals surface area contributed by atoms with Crippen LogP contribution in [0.5, 0.6) is 6.01 Å². The number of fused-ring (bicyclic) bond motifs is 3. The van der Waals surface area contributed by atoms with E-state index in [1.165, 1.54) is 6.07 Å². The number of aryl methyl sites for hydroxylation is 1. The number of benzene rings is 1. The van der Waals surface area contributed by atoms with Crippen LogP contribution in [0.15, 0.2) is 30.3 Å². The summed E-state index contributed by atoms with van der Waals surface area (Å²) in [6.07, 6.45) is 0.926. The van der Waals surface area contributed by atoms with Crippen molar-refractivity contribution in [3.63, 3.8) is 0 Å². The molecule has 3 aliphatic rings. The number of hydrogen-bond donors (Lipinski definition) is 2. The van der Waals surface area contributed by atoms with Crippen LogP contribution in [0.2, 0.25) is 0 Å². The lowest BCUT2D eigenvalue weighted by Crippen LogP contribution is -2.34. The quantitative estimate of drug-likeness (QED) is 0.685. The van der Waals surface area contributed by atoms with E-state index < -0.39 is 6.10 Å². The smallest absolute Gasteiger partial charge is 0.296 e. The molecule has 2 aliphatic heterocycles. The lowest BCUT2D eigenvalue weighted by molar-refractivity contribution is 0.00706. The zero-order valence-corrected chi connectivity index (χ0v) is 16.3. The van der Waals surface area contributed by atoms with Crippen LogP contribution in [0.25, 0.3) is 11.2 Å². The van der Waals surface area contributed by atoms with Crippen molar-refractivity contribution < 1.29 is 23.7 Å². The van der Waals surface area contributed by atoms with Crippen LogP contribution in [0.4, 0.5) is 4.39 Å². The van der Waals surface area contributed by atoms with Gasteiger partial charge in [-0.15, -0.1) is 0 Å². The molecule has 1 aliphatic carbocycles. The zero-order valence-electron chi connectivity index (χ0n) is 16.3. The third kappa shape index (κ3) is 2.98. The molecule has 2 fully saturated rings. The van der Waals surface area contributed by atoms with Crippen LogP contribution in [-0.4, -0.2) is 57.7 Å². The van der Waals surface area contributed by atoms with Crippen LogP contribution in [-0.2, 0) is 22.3 Å². The summed E-state index contributed by atoms with van der Waals surface area (Å²) in [4.78, 5) is 12.3. The lowest BCUT2D eigenvalue weighted by Gasteiger charge is -2.15. The molecule has 0 bridgehead atoms. The Labute approximate surface area is 172 Å². The Bertz CT molecular complexity index is 1100. The fourth-order valence-electron chi connectivity index (χ4n) is 4.96. The first kappa shape index (κ1) is 18.2. The number of imidazole rings is 1. The molecule has 8 heteroatoms. The third-order valence-electron chi connectivity index (χ3n) is 6.40. The number of aliphatic hydroxyl groups is 1. The van der Waals surface area contributed by atoms with E-state index in [0.29, 0.717) is 24.7 Å². The highest BCUT2D eigenvalue weighted by Gasteiger charge is 2.48. The predicted molar refractivity (Wildman–Crippen MR) is 105 cm³/mol. The zero-order chi connectivity index (χ0) is 20.2. The number of rotatable bonds is 4. The summed E-state index contributed by atoms with van der Waals surface area (Å²) in [5, 5.41) is 9.86. The standard InChI is InChI=1S/C22H22FN3O4/c23-14-3-1-2-11-4-5-12(18(11)14)8-13-6-7-15-21(24-13)26-22(25-15)30-17-10-29-19-16(27)9-28-20(17)19/h1-3,6-7,12,16-17,19-20,27H,4-5,8-10H2,(H,24,25,26)/t12?,16-,17-,19-,20-/m1/s1. The molecule has 2 N–H and O–H groups in total. The first-order chi connectivity index (χ1) is 14.7. The maximum atomic E-state index is 14.3. The van der Waals surface area contributed by atoms with Gasteiger partial charge in [-0.2, -0.15) is 4.98 Å². The second kappa shape index (κ2) is 7.01. The van der Waals surface area contributed by atoms with Crippen molar-refractivity contribution in [2.24, 2.45) is 0 Å². The molecule has 156 valence electrons. The summed E-state index contributed by atoms with van der Waals surface area (Å²) < 4.78 is 31.4. The van der Waals surface area contributed by atoms with E-state index >= 15 is 0 Å². The van der Waals surface area contributed by atoms with Crippen LogP contribution in [0.1, 0.15) is 29.2 Å². The van der Waals surface area contributed by atoms with Gasteiger partial charge < -0.3 is 24.3 Å².